The summed E-state index contributed by atoms with van der Waals surface area (Å²) < 4.78 is 56.2. The van der Waals surface area contributed by atoms with Gasteiger partial charge in [0.25, 0.3) is 0 Å². The minimum Gasteiger partial charge on any atom is -0.390 e. The lowest BCUT2D eigenvalue weighted by Crippen LogP contribution is -2.29. The maximum atomic E-state index is 14.7. The monoisotopic (exact) mass is 521 g/mol. The molecule has 0 spiro atoms. The second kappa shape index (κ2) is 9.16. The third-order valence-electron chi connectivity index (χ3n) is 7.32. The fourth-order valence-corrected chi connectivity index (χ4v) is 5.40. The van der Waals surface area contributed by atoms with E-state index in [2.05, 4.69) is 10.1 Å². The number of Topliss-reactive ketones (excluding diaryl/α,β-unsaturated/α-hetero) is 1. The van der Waals surface area contributed by atoms with E-state index in [1.165, 1.54) is 6.07 Å². The van der Waals surface area contributed by atoms with Crippen LogP contribution in [0, 0.1) is 11.7 Å². The van der Waals surface area contributed by atoms with Gasteiger partial charge in [-0.05, 0) is 59.5 Å². The number of aliphatic hydroxyl groups excluding tert-OH is 1. The van der Waals surface area contributed by atoms with Crippen molar-refractivity contribution in [3.8, 4) is 0 Å². The molecule has 1 fully saturated rings. The first-order valence-corrected chi connectivity index (χ1v) is 12.4. The number of hydrogen-bond acceptors (Lipinski definition) is 4. The van der Waals surface area contributed by atoms with Crippen molar-refractivity contribution in [2.24, 2.45) is 5.92 Å². The molecule has 1 N–H and O–H groups in total. The Labute approximate surface area is 215 Å². The van der Waals surface area contributed by atoms with Crippen LogP contribution in [0.15, 0.2) is 72.1 Å². The Hall–Kier alpha value is -3.85. The molecule has 1 saturated carbocycles. The molecule has 5 nitrogen and oxygen atoms in total. The number of hydrogen-bond donors (Lipinski definition) is 1. The summed E-state index contributed by atoms with van der Waals surface area (Å²) in [4.78, 5) is 18.1. The zero-order valence-electron chi connectivity index (χ0n) is 20.2. The first kappa shape index (κ1) is 24.5. The molecule has 2 aromatic heterocycles. The van der Waals surface area contributed by atoms with E-state index in [-0.39, 0.29) is 30.3 Å². The predicted octanol–water partition coefficient (Wildman–Crippen LogP) is 5.75. The summed E-state index contributed by atoms with van der Waals surface area (Å²) in [7, 11) is 0. The molecule has 0 amide bonds. The molecule has 194 valence electrons. The van der Waals surface area contributed by atoms with Gasteiger partial charge in [-0.15, -0.1) is 0 Å². The quantitative estimate of drug-likeness (QED) is 0.329. The second-order valence-corrected chi connectivity index (χ2v) is 9.92. The molecule has 2 aromatic carbocycles. The summed E-state index contributed by atoms with van der Waals surface area (Å²) in [6.45, 7) is -0.331. The number of aliphatic hydroxyl groups is 1. The average Bonchev–Trinajstić information content (AvgIpc) is 3.65. The first-order chi connectivity index (χ1) is 18.2. The first-order valence-electron chi connectivity index (χ1n) is 12.4. The lowest BCUT2D eigenvalue weighted by atomic mass is 9.82. The maximum Gasteiger partial charge on any atom is 0.419 e. The van der Waals surface area contributed by atoms with Crippen LogP contribution in [-0.2, 0) is 30.4 Å². The van der Waals surface area contributed by atoms with Crippen LogP contribution >= 0.6 is 0 Å². The Morgan fingerprint density at radius 2 is 1.87 bits per heavy atom. The minimum atomic E-state index is -4.84. The van der Waals surface area contributed by atoms with Crippen LogP contribution in [0.1, 0.15) is 47.0 Å². The lowest BCUT2D eigenvalue weighted by molar-refractivity contribution is -0.140. The summed E-state index contributed by atoms with van der Waals surface area (Å²) in [6.07, 6.45) is 0.914. The van der Waals surface area contributed by atoms with E-state index in [0.29, 0.717) is 23.8 Å². The summed E-state index contributed by atoms with van der Waals surface area (Å²) in [5, 5.41) is 16.0. The lowest BCUT2D eigenvalue weighted by Gasteiger charge is -2.31. The third kappa shape index (κ3) is 4.41. The smallest absolute Gasteiger partial charge is 0.390 e. The molecule has 1 aliphatic heterocycles. The van der Waals surface area contributed by atoms with Crippen LogP contribution in [0.25, 0.3) is 10.8 Å². The van der Waals surface area contributed by atoms with E-state index in [1.807, 2.05) is 24.3 Å². The average molecular weight is 522 g/mol. The molecule has 0 bridgehead atoms. The minimum absolute atomic E-state index is 0.0763. The molecule has 6 rings (SSSR count). The molecule has 9 heteroatoms. The highest BCUT2D eigenvalue weighted by atomic mass is 19.4. The maximum absolute atomic E-state index is 14.7. The van der Waals surface area contributed by atoms with E-state index >= 15 is 0 Å². The van der Waals surface area contributed by atoms with Gasteiger partial charge < -0.3 is 5.11 Å². The number of carbonyl (C=O) groups excluding carboxylic acids is 1. The molecule has 4 aromatic rings. The summed E-state index contributed by atoms with van der Waals surface area (Å²) >= 11 is 0. The molecule has 1 atom stereocenters. The molecular formula is C29H23F4N3O2. The Bertz CT molecular complexity index is 1600. The largest absolute Gasteiger partial charge is 0.419 e. The van der Waals surface area contributed by atoms with E-state index in [9.17, 15) is 27.5 Å². The molecule has 0 radical (unpaired) electrons. The Morgan fingerprint density at radius 1 is 1.05 bits per heavy atom. The Morgan fingerprint density at radius 3 is 2.58 bits per heavy atom. The number of ketones is 1. The van der Waals surface area contributed by atoms with Gasteiger partial charge in [0.1, 0.15) is 11.9 Å². The molecule has 1 aliphatic carbocycles. The highest BCUT2D eigenvalue weighted by molar-refractivity contribution is 6.00. The SMILES string of the molecule is O=C(Cc1ccc2cnccc2c1)C1=C(C2CC2)Cc2cc(CO)nn2C1c1ccc(C(F)(F)F)c(F)c1. The number of carbonyl (C=O) groups is 1. The number of pyridine rings is 1. The second-order valence-electron chi connectivity index (χ2n) is 9.92. The number of alkyl halides is 3. The highest BCUT2D eigenvalue weighted by Crippen LogP contribution is 2.47. The molecule has 0 saturated heterocycles. The van der Waals surface area contributed by atoms with Crippen LogP contribution < -0.4 is 0 Å². The molecule has 2 aliphatic rings. The van der Waals surface area contributed by atoms with E-state index in [0.717, 1.165) is 46.5 Å². The number of halogens is 4. The topological polar surface area (TPSA) is 68.0 Å². The number of benzene rings is 2. The number of rotatable bonds is 6. The van der Waals surface area contributed by atoms with Crippen molar-refractivity contribution in [2.45, 2.75) is 44.5 Å². The van der Waals surface area contributed by atoms with Crippen molar-refractivity contribution >= 4 is 16.6 Å². The molecule has 38 heavy (non-hydrogen) atoms. The van der Waals surface area contributed by atoms with Crippen LogP contribution in [0.3, 0.4) is 0 Å². The standard InChI is InChI=1S/C29H23F4N3O2/c30-25-11-19(5-6-24(25)29(31,32)33)28-27(23(17-3-4-17)13-22-12-21(15-37)35-36(22)28)26(38)10-16-1-2-20-14-34-8-7-18(20)9-16/h1-2,5-9,11-12,14,17,28,37H,3-4,10,13,15H2. The van der Waals surface area contributed by atoms with Gasteiger partial charge in [-0.3, -0.25) is 14.5 Å². The number of aromatic nitrogens is 3. The van der Waals surface area contributed by atoms with E-state index in [4.69, 9.17) is 0 Å². The van der Waals surface area contributed by atoms with Crippen molar-refractivity contribution < 1.29 is 27.5 Å². The normalized spacial score (nSPS) is 17.7. The van der Waals surface area contributed by atoms with Gasteiger partial charge in [-0.25, -0.2) is 4.39 Å². The van der Waals surface area contributed by atoms with E-state index < -0.39 is 23.6 Å². The predicted molar refractivity (Wildman–Crippen MR) is 132 cm³/mol. The van der Waals surface area contributed by atoms with Gasteiger partial charge in [-0.2, -0.15) is 18.3 Å². The Kier molecular flexibility index (Phi) is 5.90. The number of nitrogens with zero attached hydrogens (tertiary/aromatic N) is 3. The number of allylic oxidation sites excluding steroid dienone is 2. The Balaban J connectivity index is 1.47. The fourth-order valence-electron chi connectivity index (χ4n) is 5.40. The van der Waals surface area contributed by atoms with E-state index in [1.54, 1.807) is 23.1 Å². The fraction of sp³-hybridized carbons (Fsp3) is 0.276. The highest BCUT2D eigenvalue weighted by Gasteiger charge is 2.41. The van der Waals surface area contributed by atoms with Gasteiger partial charge in [-0.1, -0.05) is 29.8 Å². The molecular weight excluding hydrogens is 498 g/mol. The third-order valence-corrected chi connectivity index (χ3v) is 7.32. The zero-order valence-corrected chi connectivity index (χ0v) is 20.2. The van der Waals surface area contributed by atoms with Crippen molar-refractivity contribution in [1.29, 1.82) is 0 Å². The zero-order chi connectivity index (χ0) is 26.6. The van der Waals surface area contributed by atoms with Crippen molar-refractivity contribution in [2.75, 3.05) is 0 Å². The van der Waals surface area contributed by atoms with Crippen molar-refractivity contribution in [3.63, 3.8) is 0 Å². The summed E-state index contributed by atoms with van der Waals surface area (Å²) in [5.74, 6) is -1.41. The van der Waals surface area contributed by atoms with Crippen molar-refractivity contribution in [1.82, 2.24) is 14.8 Å². The van der Waals surface area contributed by atoms with Gasteiger partial charge in [0, 0.05) is 41.9 Å². The number of fused-ring (bicyclic) bond motifs is 2. The summed E-state index contributed by atoms with van der Waals surface area (Å²) in [6, 6.07) is 11.1. The van der Waals surface area contributed by atoms with Gasteiger partial charge in [0.15, 0.2) is 5.78 Å². The van der Waals surface area contributed by atoms with Gasteiger partial charge in [0.2, 0.25) is 0 Å². The van der Waals surface area contributed by atoms with Crippen LogP contribution in [0.4, 0.5) is 17.6 Å². The van der Waals surface area contributed by atoms with Gasteiger partial charge >= 0.3 is 6.18 Å². The van der Waals surface area contributed by atoms with Crippen LogP contribution in [0.2, 0.25) is 0 Å². The van der Waals surface area contributed by atoms with Crippen LogP contribution in [0.5, 0.6) is 0 Å². The molecule has 1 unspecified atom stereocenters. The van der Waals surface area contributed by atoms with Crippen molar-refractivity contribution in [3.05, 3.63) is 106 Å². The summed E-state index contributed by atoms with van der Waals surface area (Å²) in [5.41, 5.74) is 2.11. The van der Waals surface area contributed by atoms with Gasteiger partial charge in [0.05, 0.1) is 17.9 Å². The van der Waals surface area contributed by atoms with Crippen LogP contribution in [-0.4, -0.2) is 25.7 Å². The molecule has 3 heterocycles.